The van der Waals surface area contributed by atoms with Gasteiger partial charge in [-0.1, -0.05) is 19.9 Å². The molecule has 0 fully saturated rings. The molecule has 1 aliphatic carbocycles. The van der Waals surface area contributed by atoms with E-state index >= 15 is 0 Å². The minimum absolute atomic E-state index is 0.0727. The fourth-order valence-electron chi connectivity index (χ4n) is 3.56. The van der Waals surface area contributed by atoms with Crippen molar-refractivity contribution in [3.05, 3.63) is 29.3 Å². The minimum atomic E-state index is 0.0727. The lowest BCUT2D eigenvalue weighted by atomic mass is 9.83. The monoisotopic (exact) mass is 290 g/mol. The Labute approximate surface area is 129 Å². The summed E-state index contributed by atoms with van der Waals surface area (Å²) in [6.45, 7) is 6.88. The highest BCUT2D eigenvalue weighted by atomic mass is 16.5. The van der Waals surface area contributed by atoms with E-state index in [-0.39, 0.29) is 6.04 Å². The second-order valence-corrected chi connectivity index (χ2v) is 6.84. The summed E-state index contributed by atoms with van der Waals surface area (Å²) in [4.78, 5) is 2.48. The molecule has 0 amide bonds. The summed E-state index contributed by atoms with van der Waals surface area (Å²) in [7, 11) is 3.94. The maximum atomic E-state index is 6.59. The van der Waals surface area contributed by atoms with E-state index in [0.717, 1.165) is 24.5 Å². The summed E-state index contributed by atoms with van der Waals surface area (Å²) in [5.41, 5.74) is 9.22. The number of aryl methyl sites for hydroxylation is 1. The van der Waals surface area contributed by atoms with Crippen LogP contribution in [0.2, 0.25) is 0 Å². The third-order valence-electron chi connectivity index (χ3n) is 4.87. The predicted molar refractivity (Wildman–Crippen MR) is 88.7 cm³/mol. The largest absolute Gasteiger partial charge is 0.497 e. The van der Waals surface area contributed by atoms with Gasteiger partial charge in [0.15, 0.2) is 0 Å². The quantitative estimate of drug-likeness (QED) is 0.903. The zero-order valence-electron chi connectivity index (χ0n) is 14.1. The van der Waals surface area contributed by atoms with Crippen LogP contribution in [0.25, 0.3) is 0 Å². The van der Waals surface area contributed by atoms with E-state index in [1.165, 1.54) is 17.5 Å². The van der Waals surface area contributed by atoms with Gasteiger partial charge in [-0.3, -0.25) is 4.90 Å². The molecule has 118 valence electrons. The molecule has 3 unspecified atom stereocenters. The van der Waals surface area contributed by atoms with E-state index in [2.05, 4.69) is 44.9 Å². The summed E-state index contributed by atoms with van der Waals surface area (Å²) in [6, 6.07) is 7.38. The first-order chi connectivity index (χ1) is 9.93. The molecule has 3 atom stereocenters. The number of hydrogen-bond acceptors (Lipinski definition) is 3. The lowest BCUT2D eigenvalue weighted by molar-refractivity contribution is 0.130. The Morgan fingerprint density at radius 2 is 2.05 bits per heavy atom. The molecule has 0 radical (unpaired) electrons. The van der Waals surface area contributed by atoms with Crippen molar-refractivity contribution >= 4 is 0 Å². The number of ether oxygens (including phenoxy) is 1. The number of benzene rings is 1. The third kappa shape index (κ3) is 3.58. The molecular formula is C18H30N2O. The highest BCUT2D eigenvalue weighted by Gasteiger charge is 2.31. The van der Waals surface area contributed by atoms with Crippen LogP contribution < -0.4 is 10.5 Å². The third-order valence-corrected chi connectivity index (χ3v) is 4.87. The first-order valence-corrected chi connectivity index (χ1v) is 8.08. The summed E-state index contributed by atoms with van der Waals surface area (Å²) >= 11 is 0. The normalized spacial score (nSPS) is 23.2. The molecule has 3 heteroatoms. The maximum absolute atomic E-state index is 6.59. The van der Waals surface area contributed by atoms with Crippen LogP contribution in [0.1, 0.15) is 50.8 Å². The van der Waals surface area contributed by atoms with E-state index in [0.29, 0.717) is 12.1 Å². The molecule has 0 spiro atoms. The molecule has 2 rings (SSSR count). The lowest BCUT2D eigenvalue weighted by Crippen LogP contribution is -2.47. The summed E-state index contributed by atoms with van der Waals surface area (Å²) in [5.74, 6) is 1.62. The van der Waals surface area contributed by atoms with Gasteiger partial charge in [-0.05, 0) is 62.4 Å². The van der Waals surface area contributed by atoms with Gasteiger partial charge in [-0.25, -0.2) is 0 Å². The van der Waals surface area contributed by atoms with Crippen molar-refractivity contribution in [1.82, 2.24) is 4.90 Å². The number of likely N-dealkylation sites (N-methyl/N-ethyl adjacent to an activating group) is 1. The second-order valence-electron chi connectivity index (χ2n) is 6.84. The molecule has 21 heavy (non-hydrogen) atoms. The first-order valence-electron chi connectivity index (χ1n) is 8.08. The van der Waals surface area contributed by atoms with Gasteiger partial charge >= 0.3 is 0 Å². The average Bonchev–Trinajstić information content (AvgIpc) is 2.46. The minimum Gasteiger partial charge on any atom is -0.497 e. The van der Waals surface area contributed by atoms with Crippen molar-refractivity contribution in [3.63, 3.8) is 0 Å². The van der Waals surface area contributed by atoms with Crippen LogP contribution >= 0.6 is 0 Å². The molecule has 3 nitrogen and oxygen atoms in total. The molecule has 0 saturated carbocycles. The van der Waals surface area contributed by atoms with E-state index in [9.17, 15) is 0 Å². The van der Waals surface area contributed by atoms with Gasteiger partial charge in [0.25, 0.3) is 0 Å². The average molecular weight is 290 g/mol. The Morgan fingerprint density at radius 3 is 2.67 bits per heavy atom. The molecule has 0 bridgehead atoms. The highest BCUT2D eigenvalue weighted by molar-refractivity contribution is 5.40. The Kier molecular flexibility index (Phi) is 5.28. The standard InChI is InChI=1S/C18H30N2O/c1-12(2)10-13(3)20(4)17-9-7-14-6-8-15(21-5)11-16(14)18(17)19/h6,8,11-13,17-18H,7,9-10,19H2,1-5H3. The Bertz CT molecular complexity index is 472. The summed E-state index contributed by atoms with van der Waals surface area (Å²) in [6.07, 6.45) is 3.46. The molecule has 1 aliphatic rings. The van der Waals surface area contributed by atoms with Crippen LogP contribution in [-0.4, -0.2) is 31.1 Å². The number of rotatable bonds is 5. The summed E-state index contributed by atoms with van der Waals surface area (Å²) in [5, 5.41) is 0. The van der Waals surface area contributed by atoms with E-state index < -0.39 is 0 Å². The van der Waals surface area contributed by atoms with Crippen LogP contribution in [0.5, 0.6) is 5.75 Å². The number of hydrogen-bond donors (Lipinski definition) is 1. The van der Waals surface area contributed by atoms with Crippen molar-refractivity contribution in [3.8, 4) is 5.75 Å². The summed E-state index contributed by atoms with van der Waals surface area (Å²) < 4.78 is 5.36. The number of nitrogens with two attached hydrogens (primary N) is 1. The lowest BCUT2D eigenvalue weighted by Gasteiger charge is -2.41. The van der Waals surface area contributed by atoms with Crippen LogP contribution in [-0.2, 0) is 6.42 Å². The van der Waals surface area contributed by atoms with Crippen molar-refractivity contribution in [2.24, 2.45) is 11.7 Å². The zero-order chi connectivity index (χ0) is 15.6. The van der Waals surface area contributed by atoms with Gasteiger partial charge in [0.2, 0.25) is 0 Å². The fraction of sp³-hybridized carbons (Fsp3) is 0.667. The van der Waals surface area contributed by atoms with Crippen molar-refractivity contribution < 1.29 is 4.74 Å². The zero-order valence-corrected chi connectivity index (χ0v) is 14.1. The molecule has 1 aromatic carbocycles. The van der Waals surface area contributed by atoms with E-state index in [4.69, 9.17) is 10.5 Å². The molecule has 0 heterocycles. The van der Waals surface area contributed by atoms with Crippen LogP contribution in [0, 0.1) is 5.92 Å². The number of methoxy groups -OCH3 is 1. The van der Waals surface area contributed by atoms with E-state index in [1.54, 1.807) is 7.11 Å². The molecule has 1 aromatic rings. The van der Waals surface area contributed by atoms with Crippen molar-refractivity contribution in [2.75, 3.05) is 14.2 Å². The SMILES string of the molecule is COc1ccc2c(c1)C(N)C(N(C)C(C)CC(C)C)CC2. The van der Waals surface area contributed by atoms with Gasteiger partial charge < -0.3 is 10.5 Å². The Morgan fingerprint density at radius 1 is 1.33 bits per heavy atom. The van der Waals surface area contributed by atoms with Crippen LogP contribution in [0.3, 0.4) is 0 Å². The highest BCUT2D eigenvalue weighted by Crippen LogP contribution is 2.34. The van der Waals surface area contributed by atoms with Crippen LogP contribution in [0.4, 0.5) is 0 Å². The maximum Gasteiger partial charge on any atom is 0.119 e. The Hall–Kier alpha value is -1.06. The molecule has 2 N–H and O–H groups in total. The first kappa shape index (κ1) is 16.3. The second kappa shape index (κ2) is 6.80. The Balaban J connectivity index is 2.17. The molecule has 0 aromatic heterocycles. The topological polar surface area (TPSA) is 38.5 Å². The van der Waals surface area contributed by atoms with Crippen LogP contribution in [0.15, 0.2) is 18.2 Å². The van der Waals surface area contributed by atoms with Crippen molar-refractivity contribution in [2.45, 2.75) is 58.2 Å². The van der Waals surface area contributed by atoms with Gasteiger partial charge in [0, 0.05) is 18.1 Å². The van der Waals surface area contributed by atoms with Crippen molar-refractivity contribution in [1.29, 1.82) is 0 Å². The smallest absolute Gasteiger partial charge is 0.119 e. The van der Waals surface area contributed by atoms with Gasteiger partial charge in [-0.2, -0.15) is 0 Å². The number of nitrogens with zero attached hydrogens (tertiary/aromatic N) is 1. The predicted octanol–water partition coefficient (Wildman–Crippen LogP) is 3.38. The van der Waals surface area contributed by atoms with E-state index in [1.807, 2.05) is 6.07 Å². The molecule has 0 aliphatic heterocycles. The van der Waals surface area contributed by atoms with Gasteiger partial charge in [0.05, 0.1) is 7.11 Å². The fourth-order valence-corrected chi connectivity index (χ4v) is 3.56. The number of fused-ring (bicyclic) bond motifs is 1. The van der Waals surface area contributed by atoms with Gasteiger partial charge in [-0.15, -0.1) is 0 Å². The van der Waals surface area contributed by atoms with Gasteiger partial charge in [0.1, 0.15) is 5.75 Å². The molecule has 0 saturated heterocycles. The molecular weight excluding hydrogens is 260 g/mol.